The third-order valence-corrected chi connectivity index (χ3v) is 4.25. The second-order valence-electron chi connectivity index (χ2n) is 5.53. The smallest absolute Gasteiger partial charge is 0.253 e. The van der Waals surface area contributed by atoms with Crippen molar-refractivity contribution in [3.8, 4) is 6.07 Å². The summed E-state index contributed by atoms with van der Waals surface area (Å²) in [7, 11) is 0. The SMILES string of the molecule is N#Cc1cccc(C(=O)N2CCC(N3CCOCC3)C2)c1. The molecule has 5 heteroatoms. The first-order valence-electron chi connectivity index (χ1n) is 7.39. The minimum Gasteiger partial charge on any atom is -0.379 e. The number of benzene rings is 1. The maximum Gasteiger partial charge on any atom is 0.253 e. The second kappa shape index (κ2) is 6.25. The quantitative estimate of drug-likeness (QED) is 0.816. The highest BCUT2D eigenvalue weighted by atomic mass is 16.5. The Hall–Kier alpha value is -1.90. The number of likely N-dealkylation sites (tertiary alicyclic amines) is 1. The molecule has 3 rings (SSSR count). The van der Waals surface area contributed by atoms with E-state index in [0.717, 1.165) is 45.8 Å². The van der Waals surface area contributed by atoms with Crippen LogP contribution in [0.25, 0.3) is 0 Å². The van der Waals surface area contributed by atoms with E-state index >= 15 is 0 Å². The zero-order valence-electron chi connectivity index (χ0n) is 12.0. The lowest BCUT2D eigenvalue weighted by molar-refractivity contribution is 0.0185. The van der Waals surface area contributed by atoms with Crippen LogP contribution < -0.4 is 0 Å². The summed E-state index contributed by atoms with van der Waals surface area (Å²) in [5.41, 5.74) is 1.14. The number of nitrogens with zero attached hydrogens (tertiary/aromatic N) is 3. The number of nitriles is 1. The molecular weight excluding hydrogens is 266 g/mol. The highest BCUT2D eigenvalue weighted by molar-refractivity contribution is 5.94. The van der Waals surface area contributed by atoms with Gasteiger partial charge in [0.15, 0.2) is 0 Å². The summed E-state index contributed by atoms with van der Waals surface area (Å²) in [5, 5.41) is 8.93. The van der Waals surface area contributed by atoms with E-state index in [4.69, 9.17) is 10.00 Å². The monoisotopic (exact) mass is 285 g/mol. The third kappa shape index (κ3) is 3.07. The molecule has 0 radical (unpaired) electrons. The summed E-state index contributed by atoms with van der Waals surface area (Å²) in [4.78, 5) is 16.8. The van der Waals surface area contributed by atoms with E-state index in [1.807, 2.05) is 4.90 Å². The summed E-state index contributed by atoms with van der Waals surface area (Å²) in [6, 6.07) is 9.46. The fraction of sp³-hybridized carbons (Fsp3) is 0.500. The number of carbonyl (C=O) groups is 1. The lowest BCUT2D eigenvalue weighted by Gasteiger charge is -2.32. The normalized spacial score (nSPS) is 23.0. The fourth-order valence-corrected chi connectivity index (χ4v) is 3.07. The number of amides is 1. The van der Waals surface area contributed by atoms with Crippen LogP contribution in [0.5, 0.6) is 0 Å². The van der Waals surface area contributed by atoms with E-state index in [0.29, 0.717) is 17.2 Å². The molecule has 1 unspecified atom stereocenters. The van der Waals surface area contributed by atoms with Gasteiger partial charge in [-0.15, -0.1) is 0 Å². The number of ether oxygens (including phenoxy) is 1. The van der Waals surface area contributed by atoms with Gasteiger partial charge in [0.2, 0.25) is 0 Å². The Labute approximate surface area is 124 Å². The van der Waals surface area contributed by atoms with Crippen molar-refractivity contribution < 1.29 is 9.53 Å². The maximum absolute atomic E-state index is 12.5. The van der Waals surface area contributed by atoms with Gasteiger partial charge in [-0.25, -0.2) is 0 Å². The molecule has 0 bridgehead atoms. The van der Waals surface area contributed by atoms with Crippen molar-refractivity contribution in [1.82, 2.24) is 9.80 Å². The van der Waals surface area contributed by atoms with Gasteiger partial charge in [0.25, 0.3) is 5.91 Å². The Morgan fingerprint density at radius 2 is 2.10 bits per heavy atom. The average Bonchev–Trinajstić information content (AvgIpc) is 3.05. The van der Waals surface area contributed by atoms with E-state index in [9.17, 15) is 4.79 Å². The number of carbonyl (C=O) groups excluding carboxylic acids is 1. The Morgan fingerprint density at radius 3 is 2.86 bits per heavy atom. The number of rotatable bonds is 2. The summed E-state index contributed by atoms with van der Waals surface area (Å²) < 4.78 is 5.38. The topological polar surface area (TPSA) is 56.6 Å². The Morgan fingerprint density at radius 1 is 1.29 bits per heavy atom. The standard InChI is InChI=1S/C16H19N3O2/c17-11-13-2-1-3-14(10-13)16(20)19-5-4-15(12-19)18-6-8-21-9-7-18/h1-3,10,15H,4-9,12H2. The lowest BCUT2D eigenvalue weighted by atomic mass is 10.1. The lowest BCUT2D eigenvalue weighted by Crippen LogP contribution is -2.45. The number of morpholine rings is 1. The predicted octanol–water partition coefficient (Wildman–Crippen LogP) is 1.10. The molecule has 0 N–H and O–H groups in total. The van der Waals surface area contributed by atoms with E-state index in [-0.39, 0.29) is 5.91 Å². The average molecular weight is 285 g/mol. The van der Waals surface area contributed by atoms with Crippen molar-refractivity contribution >= 4 is 5.91 Å². The van der Waals surface area contributed by atoms with Crippen molar-refractivity contribution in [3.05, 3.63) is 35.4 Å². The van der Waals surface area contributed by atoms with E-state index in [1.54, 1.807) is 24.3 Å². The van der Waals surface area contributed by atoms with E-state index in [1.165, 1.54) is 0 Å². The molecule has 2 saturated heterocycles. The zero-order chi connectivity index (χ0) is 14.7. The molecule has 1 aromatic rings. The van der Waals surface area contributed by atoms with Gasteiger partial charge in [-0.3, -0.25) is 9.69 Å². The molecule has 0 aliphatic carbocycles. The van der Waals surface area contributed by atoms with Crippen molar-refractivity contribution in [1.29, 1.82) is 5.26 Å². The molecule has 2 heterocycles. The summed E-state index contributed by atoms with van der Waals surface area (Å²) in [5.74, 6) is 0.0304. The van der Waals surface area contributed by atoms with Crippen LogP contribution in [-0.4, -0.2) is 61.1 Å². The van der Waals surface area contributed by atoms with Crippen LogP contribution in [0.3, 0.4) is 0 Å². The van der Waals surface area contributed by atoms with Crippen LogP contribution >= 0.6 is 0 Å². The van der Waals surface area contributed by atoms with Gasteiger partial charge in [-0.1, -0.05) is 6.07 Å². The Bertz CT molecular complexity index is 561. The molecule has 1 atom stereocenters. The first-order chi connectivity index (χ1) is 10.3. The van der Waals surface area contributed by atoms with Crippen molar-refractivity contribution in [2.24, 2.45) is 0 Å². The largest absolute Gasteiger partial charge is 0.379 e. The highest BCUT2D eigenvalue weighted by Gasteiger charge is 2.31. The molecule has 0 aromatic heterocycles. The van der Waals surface area contributed by atoms with Gasteiger partial charge < -0.3 is 9.64 Å². The second-order valence-corrected chi connectivity index (χ2v) is 5.53. The maximum atomic E-state index is 12.5. The van der Waals surface area contributed by atoms with Gasteiger partial charge in [0.05, 0.1) is 24.8 Å². The van der Waals surface area contributed by atoms with Gasteiger partial charge >= 0.3 is 0 Å². The van der Waals surface area contributed by atoms with Gasteiger partial charge in [-0.2, -0.15) is 5.26 Å². The molecule has 5 nitrogen and oxygen atoms in total. The number of hydrogen-bond acceptors (Lipinski definition) is 4. The Kier molecular flexibility index (Phi) is 4.18. The Balaban J connectivity index is 1.65. The molecule has 0 spiro atoms. The summed E-state index contributed by atoms with van der Waals surface area (Å²) >= 11 is 0. The number of hydrogen-bond donors (Lipinski definition) is 0. The molecule has 2 fully saturated rings. The molecular formula is C16H19N3O2. The van der Waals surface area contributed by atoms with Crippen molar-refractivity contribution in [2.75, 3.05) is 39.4 Å². The van der Waals surface area contributed by atoms with E-state index < -0.39 is 0 Å². The van der Waals surface area contributed by atoms with Crippen LogP contribution in [0.4, 0.5) is 0 Å². The van der Waals surface area contributed by atoms with Gasteiger partial charge in [-0.05, 0) is 24.6 Å². The van der Waals surface area contributed by atoms with Crippen LogP contribution in [-0.2, 0) is 4.74 Å². The molecule has 1 amide bonds. The molecule has 21 heavy (non-hydrogen) atoms. The molecule has 2 aliphatic heterocycles. The summed E-state index contributed by atoms with van der Waals surface area (Å²) in [6.45, 7) is 5.05. The van der Waals surface area contributed by atoms with Crippen LogP contribution in [0.1, 0.15) is 22.3 Å². The van der Waals surface area contributed by atoms with Crippen molar-refractivity contribution in [2.45, 2.75) is 12.5 Å². The van der Waals surface area contributed by atoms with E-state index in [2.05, 4.69) is 11.0 Å². The van der Waals surface area contributed by atoms with Crippen LogP contribution in [0.2, 0.25) is 0 Å². The van der Waals surface area contributed by atoms with Crippen molar-refractivity contribution in [3.63, 3.8) is 0 Å². The molecule has 2 aliphatic rings. The van der Waals surface area contributed by atoms with Gasteiger partial charge in [0.1, 0.15) is 0 Å². The van der Waals surface area contributed by atoms with Crippen LogP contribution in [0.15, 0.2) is 24.3 Å². The van der Waals surface area contributed by atoms with Crippen LogP contribution in [0, 0.1) is 11.3 Å². The molecule has 0 saturated carbocycles. The fourth-order valence-electron chi connectivity index (χ4n) is 3.07. The summed E-state index contributed by atoms with van der Waals surface area (Å²) in [6.07, 6.45) is 1.02. The first-order valence-corrected chi connectivity index (χ1v) is 7.39. The third-order valence-electron chi connectivity index (χ3n) is 4.25. The molecule has 1 aromatic carbocycles. The zero-order valence-corrected chi connectivity index (χ0v) is 12.0. The first kappa shape index (κ1) is 14.1. The van der Waals surface area contributed by atoms with Gasteiger partial charge in [0, 0.05) is 37.8 Å². The minimum absolute atomic E-state index is 0.0304. The highest BCUT2D eigenvalue weighted by Crippen LogP contribution is 2.19. The predicted molar refractivity (Wildman–Crippen MR) is 77.9 cm³/mol. The minimum atomic E-state index is 0.0304. The molecule has 110 valence electrons.